The summed E-state index contributed by atoms with van der Waals surface area (Å²) in [4.78, 5) is 0. The molecule has 0 amide bonds. The molecule has 0 bridgehead atoms. The summed E-state index contributed by atoms with van der Waals surface area (Å²) in [5.74, 6) is 1.64. The number of hydrogen-bond acceptors (Lipinski definition) is 2. The van der Waals surface area contributed by atoms with Crippen LogP contribution in [0.2, 0.25) is 0 Å². The van der Waals surface area contributed by atoms with Gasteiger partial charge in [-0.3, -0.25) is 0 Å². The van der Waals surface area contributed by atoms with E-state index in [0.29, 0.717) is 0 Å². The normalized spacial score (nSPS) is 12.8. The van der Waals surface area contributed by atoms with Crippen molar-refractivity contribution in [1.29, 1.82) is 0 Å². The molecule has 2 aromatic heterocycles. The third-order valence-corrected chi connectivity index (χ3v) is 13.3. The lowest BCUT2D eigenvalue weighted by Crippen LogP contribution is -2.17. The number of fused-ring (bicyclic) bond motifs is 6. The third kappa shape index (κ3) is 7.25. The number of para-hydroxylation sites is 2. The van der Waals surface area contributed by atoms with Crippen molar-refractivity contribution in [3.05, 3.63) is 156 Å². The number of rotatable bonds is 6. The first kappa shape index (κ1) is 43.0. The minimum absolute atomic E-state index is 0.0982. The van der Waals surface area contributed by atoms with Gasteiger partial charge in [0.1, 0.15) is 11.5 Å². The second-order valence-corrected chi connectivity index (χ2v) is 21.9. The van der Waals surface area contributed by atoms with Gasteiger partial charge in [-0.1, -0.05) is 168 Å². The highest BCUT2D eigenvalue weighted by Gasteiger charge is 2.32. The van der Waals surface area contributed by atoms with Crippen LogP contribution in [0.25, 0.3) is 77.2 Å². The van der Waals surface area contributed by atoms with Gasteiger partial charge < -0.3 is 18.6 Å². The first-order valence-corrected chi connectivity index (χ1v) is 22.8. The highest BCUT2D eigenvalue weighted by molar-refractivity contribution is 6.33. The first-order valence-electron chi connectivity index (χ1n) is 22.8. The largest absolute Gasteiger partial charge is 0.497 e. The molecule has 0 saturated carbocycles. The molecule has 4 nitrogen and oxygen atoms in total. The van der Waals surface area contributed by atoms with Gasteiger partial charge >= 0.3 is 0 Å². The van der Waals surface area contributed by atoms with Crippen molar-refractivity contribution in [1.82, 2.24) is 9.13 Å². The second kappa shape index (κ2) is 15.2. The van der Waals surface area contributed by atoms with Gasteiger partial charge in [-0.2, -0.15) is 0 Å². The highest BCUT2D eigenvalue weighted by Crippen LogP contribution is 2.53. The van der Waals surface area contributed by atoms with E-state index >= 15 is 0 Å². The zero-order valence-corrected chi connectivity index (χ0v) is 40.4. The number of nitrogens with zero attached hydrogens (tertiary/aromatic N) is 2. The summed E-state index contributed by atoms with van der Waals surface area (Å²) in [6, 6.07) is 49.9. The lowest BCUT2D eigenvalue weighted by atomic mass is 9.77. The van der Waals surface area contributed by atoms with E-state index in [1.54, 1.807) is 14.2 Å². The van der Waals surface area contributed by atoms with E-state index in [0.717, 1.165) is 33.9 Å². The van der Waals surface area contributed by atoms with Crippen molar-refractivity contribution >= 4 is 43.6 Å². The van der Waals surface area contributed by atoms with Gasteiger partial charge in [0.15, 0.2) is 0 Å². The molecular formula is C60H64N2O2. The summed E-state index contributed by atoms with van der Waals surface area (Å²) < 4.78 is 16.9. The number of hydrogen-bond donors (Lipinski definition) is 0. The molecule has 326 valence electrons. The van der Waals surface area contributed by atoms with E-state index in [9.17, 15) is 0 Å². The van der Waals surface area contributed by atoms with Crippen molar-refractivity contribution in [2.45, 2.75) is 105 Å². The van der Waals surface area contributed by atoms with Crippen molar-refractivity contribution in [2.24, 2.45) is 0 Å². The van der Waals surface area contributed by atoms with Gasteiger partial charge in [0, 0.05) is 56.2 Å². The van der Waals surface area contributed by atoms with Crippen LogP contribution < -0.4 is 9.47 Å². The Bertz CT molecular complexity index is 2990. The van der Waals surface area contributed by atoms with Gasteiger partial charge in [0.2, 0.25) is 0 Å². The number of aromatic nitrogens is 2. The van der Waals surface area contributed by atoms with E-state index in [1.807, 2.05) is 12.1 Å². The fourth-order valence-corrected chi connectivity index (χ4v) is 9.57. The van der Waals surface area contributed by atoms with Crippen LogP contribution in [0.5, 0.6) is 11.5 Å². The molecule has 0 aliphatic heterocycles. The van der Waals surface area contributed by atoms with E-state index < -0.39 is 0 Å². The van der Waals surface area contributed by atoms with Crippen LogP contribution in [0.1, 0.15) is 105 Å². The maximum atomic E-state index is 5.95. The van der Waals surface area contributed by atoms with Crippen molar-refractivity contribution < 1.29 is 9.47 Å². The van der Waals surface area contributed by atoms with Gasteiger partial charge in [0.05, 0.1) is 36.3 Å². The maximum Gasteiger partial charge on any atom is 0.120 e. The molecule has 0 fully saturated rings. The van der Waals surface area contributed by atoms with Crippen LogP contribution in [0.3, 0.4) is 0 Å². The standard InChI is InChI=1S/C60H64N2O2/c1-57(2,3)39-29-37(30-40(33-39)58(4,5)6)51-53-47-25-15-17-27-49(47)62(44-22-20-24-46(36-44)64-14)56(53)52(38-31-41(59(7,8)9)34-42(32-38)60(10,11)12)54-48-26-16-18-28-50(48)61(55(51)54)43-21-19-23-45(35-43)63-13/h15-36H,1-14H3. The number of methoxy groups -OCH3 is 2. The molecular weight excluding hydrogens is 781 g/mol. The Kier molecular flexibility index (Phi) is 10.2. The summed E-state index contributed by atoms with van der Waals surface area (Å²) in [5, 5.41) is 4.83. The molecule has 0 atom stereocenters. The number of benzene rings is 7. The number of ether oxygens (including phenoxy) is 2. The third-order valence-electron chi connectivity index (χ3n) is 13.3. The smallest absolute Gasteiger partial charge is 0.120 e. The van der Waals surface area contributed by atoms with Crippen LogP contribution in [0.4, 0.5) is 0 Å². The predicted octanol–water partition coefficient (Wildman–Crippen LogP) is 16.4. The molecule has 9 aromatic rings. The minimum atomic E-state index is -0.0982. The first-order chi connectivity index (χ1) is 30.2. The lowest BCUT2D eigenvalue weighted by molar-refractivity contribution is 0.414. The zero-order valence-electron chi connectivity index (χ0n) is 40.4. The molecule has 0 unspecified atom stereocenters. The van der Waals surface area contributed by atoms with Crippen molar-refractivity contribution in [2.75, 3.05) is 14.2 Å². The SMILES string of the molecule is COc1cccc(-n2c3ccccc3c3c(-c4cc(C(C)(C)C)cc(C(C)(C)C)c4)c4c(c(-c5cc(C(C)(C)C)cc(C(C)(C)C)c5)c32)c2ccccc2n4-c2cccc(OC)c2)c1. The fourth-order valence-electron chi connectivity index (χ4n) is 9.57. The van der Waals surface area contributed by atoms with E-state index in [-0.39, 0.29) is 21.7 Å². The Morgan fingerprint density at radius 3 is 1.00 bits per heavy atom. The maximum absolute atomic E-state index is 5.95. The van der Waals surface area contributed by atoms with Gasteiger partial charge in [0.25, 0.3) is 0 Å². The lowest BCUT2D eigenvalue weighted by Gasteiger charge is -2.28. The quantitative estimate of drug-likeness (QED) is 0.167. The Morgan fingerprint density at radius 1 is 0.359 bits per heavy atom. The highest BCUT2D eigenvalue weighted by atomic mass is 16.5. The molecule has 7 aromatic carbocycles. The minimum Gasteiger partial charge on any atom is -0.497 e. The Hall–Kier alpha value is -6.26. The summed E-state index contributed by atoms with van der Waals surface area (Å²) in [7, 11) is 3.51. The molecule has 0 saturated heterocycles. The van der Waals surface area contributed by atoms with Crippen LogP contribution >= 0.6 is 0 Å². The molecule has 0 aliphatic rings. The van der Waals surface area contributed by atoms with Crippen molar-refractivity contribution in [3.63, 3.8) is 0 Å². The topological polar surface area (TPSA) is 28.3 Å². The molecule has 0 radical (unpaired) electrons. The van der Waals surface area contributed by atoms with Crippen LogP contribution in [-0.4, -0.2) is 23.4 Å². The Morgan fingerprint density at radius 2 is 0.688 bits per heavy atom. The molecule has 0 spiro atoms. The van der Waals surface area contributed by atoms with Crippen LogP contribution in [0.15, 0.2) is 133 Å². The van der Waals surface area contributed by atoms with E-state index in [4.69, 9.17) is 9.47 Å². The molecule has 2 heterocycles. The molecule has 9 rings (SSSR count). The average Bonchev–Trinajstić information content (AvgIpc) is 3.77. The summed E-state index contributed by atoms with van der Waals surface area (Å²) >= 11 is 0. The molecule has 0 aliphatic carbocycles. The Balaban J connectivity index is 1.68. The van der Waals surface area contributed by atoms with Gasteiger partial charge in [-0.05, 0) is 91.4 Å². The summed E-state index contributed by atoms with van der Waals surface area (Å²) in [5.41, 5.74) is 16.4. The fraction of sp³-hybridized carbons (Fsp3) is 0.300. The average molecular weight is 845 g/mol. The monoisotopic (exact) mass is 844 g/mol. The van der Waals surface area contributed by atoms with E-state index in [1.165, 1.54) is 77.1 Å². The predicted molar refractivity (Wildman–Crippen MR) is 274 cm³/mol. The molecule has 4 heteroatoms. The summed E-state index contributed by atoms with van der Waals surface area (Å²) in [6.45, 7) is 28.0. The van der Waals surface area contributed by atoms with Gasteiger partial charge in [-0.15, -0.1) is 0 Å². The summed E-state index contributed by atoms with van der Waals surface area (Å²) in [6.07, 6.45) is 0. The van der Waals surface area contributed by atoms with Crippen LogP contribution in [0, 0.1) is 0 Å². The van der Waals surface area contributed by atoms with Crippen molar-refractivity contribution in [3.8, 4) is 45.1 Å². The van der Waals surface area contributed by atoms with Crippen LogP contribution in [-0.2, 0) is 21.7 Å². The second-order valence-electron chi connectivity index (χ2n) is 21.9. The zero-order chi connectivity index (χ0) is 45.7. The molecule has 64 heavy (non-hydrogen) atoms. The Labute approximate surface area is 380 Å². The molecule has 0 N–H and O–H groups in total. The van der Waals surface area contributed by atoms with Gasteiger partial charge in [-0.25, -0.2) is 0 Å². The van der Waals surface area contributed by atoms with E-state index in [2.05, 4.69) is 214 Å².